The average Bonchev–Trinajstić information content (AvgIpc) is 2.58. The first-order valence-electron chi connectivity index (χ1n) is 9.66. The van der Waals surface area contributed by atoms with Crippen molar-refractivity contribution in [1.29, 1.82) is 0 Å². The van der Waals surface area contributed by atoms with Gasteiger partial charge in [-0.25, -0.2) is 4.99 Å². The highest BCUT2D eigenvalue weighted by molar-refractivity contribution is 8.13. The van der Waals surface area contributed by atoms with Crippen molar-refractivity contribution in [3.05, 3.63) is 40.2 Å². The van der Waals surface area contributed by atoms with E-state index in [2.05, 4.69) is 56.7 Å². The van der Waals surface area contributed by atoms with Gasteiger partial charge in [-0.2, -0.15) is 5.10 Å². The fourth-order valence-corrected chi connectivity index (χ4v) is 2.87. The quantitative estimate of drug-likeness (QED) is 0.215. The second-order valence-electron chi connectivity index (χ2n) is 9.11. The van der Waals surface area contributed by atoms with Crippen LogP contribution in [-0.4, -0.2) is 39.8 Å². The van der Waals surface area contributed by atoms with Crippen molar-refractivity contribution >= 4 is 35.1 Å². The summed E-state index contributed by atoms with van der Waals surface area (Å²) in [6, 6.07) is 3.96. The number of carbonyl (C=O) groups excluding carboxylic acids is 1. The number of carbonyl (C=O) groups is 1. The molecule has 0 heterocycles. The van der Waals surface area contributed by atoms with Crippen molar-refractivity contribution in [3.8, 4) is 5.75 Å². The number of hydrogen-bond donors (Lipinski definition) is 2. The number of allylic oxidation sites excluding steroid dienone is 2. The molecule has 6 nitrogen and oxygen atoms in total. The number of rotatable bonds is 4. The van der Waals surface area contributed by atoms with E-state index in [4.69, 9.17) is 0 Å². The monoisotopic (exact) mass is 431 g/mol. The van der Waals surface area contributed by atoms with Gasteiger partial charge in [0.1, 0.15) is 11.5 Å². The molecule has 0 bridgehead atoms. The second kappa shape index (κ2) is 10.1. The van der Waals surface area contributed by atoms with E-state index in [1.54, 1.807) is 6.26 Å². The molecule has 0 spiro atoms. The zero-order valence-corrected chi connectivity index (χ0v) is 20.2. The number of hydrogen-bond acceptors (Lipinski definition) is 6. The number of aliphatic hydroxyl groups excluding tert-OH is 1. The van der Waals surface area contributed by atoms with Gasteiger partial charge < -0.3 is 10.2 Å². The topological polar surface area (TPSA) is 94.6 Å². The molecule has 0 aliphatic rings. The summed E-state index contributed by atoms with van der Waals surface area (Å²) in [4.78, 5) is 15.7. The summed E-state index contributed by atoms with van der Waals surface area (Å²) < 4.78 is 0. The van der Waals surface area contributed by atoms with Crippen LogP contribution in [0.2, 0.25) is 0 Å². The lowest BCUT2D eigenvalue weighted by Gasteiger charge is -2.26. The molecule has 0 aromatic heterocycles. The molecule has 0 atom stereocenters. The fourth-order valence-electron chi connectivity index (χ4n) is 2.58. The highest BCUT2D eigenvalue weighted by Crippen LogP contribution is 2.37. The van der Waals surface area contributed by atoms with Crippen LogP contribution in [0.3, 0.4) is 0 Å². The Morgan fingerprint density at radius 1 is 1.07 bits per heavy atom. The van der Waals surface area contributed by atoms with Crippen molar-refractivity contribution in [2.45, 2.75) is 66.2 Å². The summed E-state index contributed by atoms with van der Waals surface area (Å²) in [6.07, 6.45) is 4.56. The van der Waals surface area contributed by atoms with E-state index in [1.165, 1.54) is 38.0 Å². The van der Waals surface area contributed by atoms with Gasteiger partial charge in [0.05, 0.1) is 11.8 Å². The van der Waals surface area contributed by atoms with E-state index < -0.39 is 0 Å². The van der Waals surface area contributed by atoms with E-state index >= 15 is 0 Å². The number of phenolic OH excluding ortho intramolecular Hbond substituents is 1. The molecular weight excluding hydrogens is 398 g/mol. The number of aromatic hydroxyl groups is 1. The molecule has 0 saturated carbocycles. The second-order valence-corrected chi connectivity index (χ2v) is 9.88. The molecule has 0 aliphatic carbocycles. The van der Waals surface area contributed by atoms with Gasteiger partial charge in [0.25, 0.3) is 0 Å². The van der Waals surface area contributed by atoms with Crippen molar-refractivity contribution in [2.24, 2.45) is 15.2 Å². The lowest BCUT2D eigenvalue weighted by Crippen LogP contribution is -2.17. The third kappa shape index (κ3) is 7.13. The molecule has 0 aliphatic heterocycles. The third-order valence-electron chi connectivity index (χ3n) is 4.41. The number of thioether (sulfide) groups is 1. The summed E-state index contributed by atoms with van der Waals surface area (Å²) in [6.45, 7) is 15.3. The molecule has 0 radical (unpaired) electrons. The number of amidine groups is 1. The van der Waals surface area contributed by atoms with Crippen molar-refractivity contribution in [3.63, 3.8) is 0 Å². The van der Waals surface area contributed by atoms with Crippen LogP contribution >= 0.6 is 11.8 Å². The van der Waals surface area contributed by atoms with E-state index in [0.717, 1.165) is 11.1 Å². The van der Waals surface area contributed by atoms with E-state index in [-0.39, 0.29) is 33.7 Å². The zero-order chi connectivity index (χ0) is 23.3. The maximum Gasteiger partial charge on any atom is 0.208 e. The van der Waals surface area contributed by atoms with Gasteiger partial charge in [-0.1, -0.05) is 59.4 Å². The Morgan fingerprint density at radius 3 is 2.10 bits per heavy atom. The minimum Gasteiger partial charge on any atom is -0.512 e. The Balaban J connectivity index is 3.37. The molecule has 164 valence electrons. The summed E-state index contributed by atoms with van der Waals surface area (Å²) in [5.41, 5.74) is 2.31. The van der Waals surface area contributed by atoms with E-state index in [1.807, 2.05) is 12.1 Å². The van der Waals surface area contributed by atoms with Crippen LogP contribution < -0.4 is 0 Å². The van der Waals surface area contributed by atoms with E-state index in [9.17, 15) is 15.0 Å². The lowest BCUT2D eigenvalue weighted by molar-refractivity contribution is -0.113. The Labute approximate surface area is 183 Å². The van der Waals surface area contributed by atoms with Gasteiger partial charge in [-0.15, -0.1) is 5.10 Å². The number of benzene rings is 1. The number of aliphatic imine (C=N–C) groups is 1. The molecule has 7 heteroatoms. The molecule has 1 rings (SSSR count). The molecule has 0 unspecified atom stereocenters. The Bertz CT molecular complexity index is 911. The maximum atomic E-state index is 11.5. The smallest absolute Gasteiger partial charge is 0.208 e. The van der Waals surface area contributed by atoms with Gasteiger partial charge in [-0.05, 0) is 42.6 Å². The van der Waals surface area contributed by atoms with Gasteiger partial charge in [-0.3, -0.25) is 4.79 Å². The van der Waals surface area contributed by atoms with Crippen LogP contribution in [0.5, 0.6) is 5.75 Å². The zero-order valence-electron chi connectivity index (χ0n) is 19.4. The van der Waals surface area contributed by atoms with Crippen LogP contribution in [0.1, 0.15) is 72.1 Å². The average molecular weight is 432 g/mol. The van der Waals surface area contributed by atoms with Crippen molar-refractivity contribution < 1.29 is 15.0 Å². The number of phenols is 1. The summed E-state index contributed by atoms with van der Waals surface area (Å²) >= 11 is 1.25. The molecule has 30 heavy (non-hydrogen) atoms. The fraction of sp³-hybridized carbons (Fsp3) is 0.478. The Hall–Kier alpha value is -2.41. The third-order valence-corrected chi connectivity index (χ3v) is 4.96. The van der Waals surface area contributed by atoms with Crippen molar-refractivity contribution in [2.75, 3.05) is 6.26 Å². The molecular formula is C23H33N3O3S. The first-order valence-corrected chi connectivity index (χ1v) is 10.9. The summed E-state index contributed by atoms with van der Waals surface area (Å²) in [5, 5.41) is 28.8. The van der Waals surface area contributed by atoms with Gasteiger partial charge >= 0.3 is 0 Å². The van der Waals surface area contributed by atoms with E-state index in [0.29, 0.717) is 10.7 Å². The van der Waals surface area contributed by atoms with Crippen LogP contribution in [0.15, 0.2) is 38.7 Å². The predicted molar refractivity (Wildman–Crippen MR) is 129 cm³/mol. The lowest BCUT2D eigenvalue weighted by atomic mass is 9.79. The van der Waals surface area contributed by atoms with Gasteiger partial charge in [0, 0.05) is 17.3 Å². The first kappa shape index (κ1) is 25.6. The van der Waals surface area contributed by atoms with Gasteiger partial charge in [0.15, 0.2) is 5.78 Å². The Morgan fingerprint density at radius 2 is 1.67 bits per heavy atom. The van der Waals surface area contributed by atoms with Crippen LogP contribution in [0.4, 0.5) is 0 Å². The largest absolute Gasteiger partial charge is 0.512 e. The summed E-state index contributed by atoms with van der Waals surface area (Å²) in [7, 11) is 0. The standard InChI is InChI=1S/C23H33N3O3S/c1-14(27)18(15(2)28)13-24-21(30-9)26-25-12-16-10-17(22(3,4)5)11-19(20(16)29)23(6,7)8/h10-13,27,29H,1-9H3/b18-14+,24-13+,25-12+,26-21-. The molecule has 1 aromatic rings. The highest BCUT2D eigenvalue weighted by Gasteiger charge is 2.24. The summed E-state index contributed by atoms with van der Waals surface area (Å²) in [5.74, 6) is -0.212. The normalized spacial score (nSPS) is 14.5. The van der Waals surface area contributed by atoms with Crippen LogP contribution in [-0.2, 0) is 15.6 Å². The SMILES string of the molecule is CSC(=N\N=C\c1cc(C(C)(C)C)cc(C(C)(C)C)c1O)/N=C/C(C(C)=O)=C(/C)O. The minimum absolute atomic E-state index is 0.0914. The number of Topliss-reactive ketones (excluding diaryl/α,β-unsaturated/α-hetero) is 1. The minimum atomic E-state index is -0.290. The highest BCUT2D eigenvalue weighted by atomic mass is 32.2. The van der Waals surface area contributed by atoms with Gasteiger partial charge in [0.2, 0.25) is 5.17 Å². The first-order chi connectivity index (χ1) is 13.7. The molecule has 1 aromatic carbocycles. The number of aliphatic hydroxyl groups is 1. The predicted octanol–water partition coefficient (Wildman–Crippen LogP) is 5.53. The molecule has 0 saturated heterocycles. The molecule has 0 fully saturated rings. The van der Waals surface area contributed by atoms with Crippen LogP contribution in [0.25, 0.3) is 0 Å². The van der Waals surface area contributed by atoms with Crippen molar-refractivity contribution in [1.82, 2.24) is 0 Å². The number of nitrogens with zero attached hydrogens (tertiary/aromatic N) is 3. The maximum absolute atomic E-state index is 11.5. The van der Waals surface area contributed by atoms with Crippen LogP contribution in [0, 0.1) is 0 Å². The molecule has 0 amide bonds. The molecule has 2 N–H and O–H groups in total. The Kier molecular flexibility index (Phi) is 8.60. The number of ketones is 1.